The molecule has 0 unspecified atom stereocenters. The highest BCUT2D eigenvalue weighted by Gasteiger charge is 2.13. The highest BCUT2D eigenvalue weighted by atomic mass is 32.2. The minimum Gasteiger partial charge on any atom is -0.379 e. The van der Waals surface area contributed by atoms with Gasteiger partial charge in [0.15, 0.2) is 0 Å². The van der Waals surface area contributed by atoms with Crippen LogP contribution in [-0.4, -0.2) is 42.9 Å². The van der Waals surface area contributed by atoms with Gasteiger partial charge >= 0.3 is 0 Å². The summed E-state index contributed by atoms with van der Waals surface area (Å²) in [4.78, 5) is 14.6. The first kappa shape index (κ1) is 19.9. The lowest BCUT2D eigenvalue weighted by atomic mass is 10.1. The molecule has 0 radical (unpaired) electrons. The number of carbonyl (C=O) groups is 1. The number of thioether (sulfide) groups is 1. The minimum atomic E-state index is 0.0915. The molecule has 0 saturated carbocycles. The molecule has 2 aromatic carbocycles. The smallest absolute Gasteiger partial charge is 0.230 e. The van der Waals surface area contributed by atoms with Crippen LogP contribution in [0.2, 0.25) is 0 Å². The van der Waals surface area contributed by atoms with Gasteiger partial charge in [-0.25, -0.2) is 0 Å². The normalized spacial score (nSPS) is 14.9. The number of benzene rings is 2. The first-order valence-electron chi connectivity index (χ1n) is 9.47. The molecule has 4 nitrogen and oxygen atoms in total. The van der Waals surface area contributed by atoms with E-state index in [1.54, 1.807) is 11.8 Å². The molecule has 1 saturated heterocycles. The zero-order valence-corrected chi connectivity index (χ0v) is 16.8. The highest BCUT2D eigenvalue weighted by molar-refractivity contribution is 7.99. The molecule has 0 aliphatic carbocycles. The summed E-state index contributed by atoms with van der Waals surface area (Å²) in [5.74, 6) is 1.44. The predicted octanol–water partition coefficient (Wildman–Crippen LogP) is 3.38. The second-order valence-corrected chi connectivity index (χ2v) is 7.90. The molecule has 1 fully saturated rings. The lowest BCUT2D eigenvalue weighted by Gasteiger charge is -2.27. The number of rotatable bonds is 8. The molecule has 0 bridgehead atoms. The lowest BCUT2D eigenvalue weighted by molar-refractivity contribution is -0.118. The molecule has 2 aromatic rings. The molecule has 1 heterocycles. The summed E-state index contributed by atoms with van der Waals surface area (Å²) in [6.07, 6.45) is 0. The number of nitrogens with one attached hydrogen (secondary N) is 1. The Labute approximate surface area is 166 Å². The van der Waals surface area contributed by atoms with Crippen LogP contribution in [0.25, 0.3) is 0 Å². The van der Waals surface area contributed by atoms with Gasteiger partial charge in [0, 0.05) is 31.9 Å². The molecule has 1 aliphatic heterocycles. The van der Waals surface area contributed by atoms with Gasteiger partial charge < -0.3 is 10.1 Å². The molecule has 0 atom stereocenters. The molecular formula is C22H28N2O2S. The van der Waals surface area contributed by atoms with E-state index in [9.17, 15) is 4.79 Å². The number of nitrogens with zero attached hydrogens (tertiary/aromatic N) is 1. The van der Waals surface area contributed by atoms with Crippen LogP contribution in [0.5, 0.6) is 0 Å². The molecule has 144 valence electrons. The van der Waals surface area contributed by atoms with Crippen molar-refractivity contribution in [2.45, 2.75) is 25.8 Å². The van der Waals surface area contributed by atoms with Crippen molar-refractivity contribution in [3.8, 4) is 0 Å². The summed E-state index contributed by atoms with van der Waals surface area (Å²) in [7, 11) is 0. The van der Waals surface area contributed by atoms with Gasteiger partial charge in [0.05, 0.1) is 19.0 Å². The molecule has 0 spiro atoms. The van der Waals surface area contributed by atoms with Crippen LogP contribution in [0.15, 0.2) is 48.5 Å². The Kier molecular flexibility index (Phi) is 7.75. The number of hydrogen-bond donors (Lipinski definition) is 1. The van der Waals surface area contributed by atoms with Crippen molar-refractivity contribution >= 4 is 17.7 Å². The summed E-state index contributed by atoms with van der Waals surface area (Å²) in [5, 5.41) is 3.07. The van der Waals surface area contributed by atoms with Gasteiger partial charge in [0.25, 0.3) is 0 Å². The third-order valence-electron chi connectivity index (χ3n) is 4.68. The lowest BCUT2D eigenvalue weighted by Crippen LogP contribution is -2.36. The molecule has 1 amide bonds. The SMILES string of the molecule is Cc1cccc(CSCC(=O)NCc2ccccc2CN2CCOCC2)c1. The monoisotopic (exact) mass is 384 g/mol. The maximum Gasteiger partial charge on any atom is 0.230 e. The second kappa shape index (κ2) is 10.5. The summed E-state index contributed by atoms with van der Waals surface area (Å²) in [5.41, 5.74) is 5.01. The average molecular weight is 385 g/mol. The Morgan fingerprint density at radius 2 is 1.89 bits per heavy atom. The van der Waals surface area contributed by atoms with Crippen LogP contribution in [0.3, 0.4) is 0 Å². The quantitative estimate of drug-likeness (QED) is 0.758. The first-order chi connectivity index (χ1) is 13.2. The van der Waals surface area contributed by atoms with Crippen molar-refractivity contribution in [1.82, 2.24) is 10.2 Å². The van der Waals surface area contributed by atoms with Crippen LogP contribution in [-0.2, 0) is 28.4 Å². The van der Waals surface area contributed by atoms with Gasteiger partial charge in [-0.05, 0) is 23.6 Å². The number of ether oxygens (including phenoxy) is 1. The van der Waals surface area contributed by atoms with Gasteiger partial charge in [-0.1, -0.05) is 54.1 Å². The van der Waals surface area contributed by atoms with Gasteiger partial charge in [0.2, 0.25) is 5.91 Å². The molecule has 1 N–H and O–H groups in total. The van der Waals surface area contributed by atoms with Crippen molar-refractivity contribution in [3.63, 3.8) is 0 Å². The van der Waals surface area contributed by atoms with Crippen molar-refractivity contribution in [1.29, 1.82) is 0 Å². The third-order valence-corrected chi connectivity index (χ3v) is 5.68. The van der Waals surface area contributed by atoms with E-state index in [0.29, 0.717) is 12.3 Å². The van der Waals surface area contributed by atoms with Crippen LogP contribution in [0.4, 0.5) is 0 Å². The minimum absolute atomic E-state index is 0.0915. The fraction of sp³-hybridized carbons (Fsp3) is 0.409. The summed E-state index contributed by atoms with van der Waals surface area (Å²) < 4.78 is 5.42. The van der Waals surface area contributed by atoms with E-state index in [-0.39, 0.29) is 5.91 Å². The molecule has 0 aromatic heterocycles. The Bertz CT molecular complexity index is 745. The van der Waals surface area contributed by atoms with Gasteiger partial charge in [-0.2, -0.15) is 0 Å². The van der Waals surface area contributed by atoms with Crippen molar-refractivity contribution in [3.05, 3.63) is 70.8 Å². The number of carbonyl (C=O) groups excluding carboxylic acids is 1. The van der Waals surface area contributed by atoms with Crippen molar-refractivity contribution in [2.24, 2.45) is 0 Å². The molecule has 3 rings (SSSR count). The average Bonchev–Trinajstić information content (AvgIpc) is 2.68. The van der Waals surface area contributed by atoms with E-state index in [2.05, 4.69) is 59.6 Å². The summed E-state index contributed by atoms with van der Waals surface area (Å²) in [6, 6.07) is 16.8. The molecule has 5 heteroatoms. The zero-order chi connectivity index (χ0) is 18.9. The van der Waals surface area contributed by atoms with E-state index in [4.69, 9.17) is 4.74 Å². The van der Waals surface area contributed by atoms with Crippen molar-refractivity contribution in [2.75, 3.05) is 32.1 Å². The van der Waals surface area contributed by atoms with E-state index >= 15 is 0 Å². The van der Waals surface area contributed by atoms with Crippen LogP contribution < -0.4 is 5.32 Å². The first-order valence-corrected chi connectivity index (χ1v) is 10.6. The Morgan fingerprint density at radius 1 is 1.11 bits per heavy atom. The fourth-order valence-corrected chi connectivity index (χ4v) is 4.00. The predicted molar refractivity (Wildman–Crippen MR) is 112 cm³/mol. The summed E-state index contributed by atoms with van der Waals surface area (Å²) in [6.45, 7) is 7.14. The zero-order valence-electron chi connectivity index (χ0n) is 15.9. The van der Waals surface area contributed by atoms with Crippen LogP contribution in [0.1, 0.15) is 22.3 Å². The molecular weight excluding hydrogens is 356 g/mol. The Hall–Kier alpha value is -1.82. The van der Waals surface area contributed by atoms with E-state index in [1.807, 2.05) is 6.07 Å². The fourth-order valence-electron chi connectivity index (χ4n) is 3.19. The maximum absolute atomic E-state index is 12.2. The standard InChI is InChI=1S/C22H28N2O2S/c1-18-5-4-6-19(13-18)16-27-17-22(25)23-14-20-7-2-3-8-21(20)15-24-9-11-26-12-10-24/h2-8,13H,9-12,14-17H2,1H3,(H,23,25). The highest BCUT2D eigenvalue weighted by Crippen LogP contribution is 2.15. The second-order valence-electron chi connectivity index (χ2n) is 6.92. The Balaban J connectivity index is 1.44. The van der Waals surface area contributed by atoms with Gasteiger partial charge in [-0.3, -0.25) is 9.69 Å². The largest absolute Gasteiger partial charge is 0.379 e. The van der Waals surface area contributed by atoms with E-state index in [0.717, 1.165) is 38.6 Å². The van der Waals surface area contributed by atoms with Crippen LogP contribution >= 0.6 is 11.8 Å². The maximum atomic E-state index is 12.2. The molecule has 1 aliphatic rings. The topological polar surface area (TPSA) is 41.6 Å². The number of morpholine rings is 1. The van der Waals surface area contributed by atoms with Gasteiger partial charge in [0.1, 0.15) is 0 Å². The third kappa shape index (κ3) is 6.69. The van der Waals surface area contributed by atoms with E-state index < -0.39 is 0 Å². The van der Waals surface area contributed by atoms with Gasteiger partial charge in [-0.15, -0.1) is 11.8 Å². The number of aryl methyl sites for hydroxylation is 1. The Morgan fingerprint density at radius 3 is 2.67 bits per heavy atom. The number of amides is 1. The van der Waals surface area contributed by atoms with E-state index in [1.165, 1.54) is 22.3 Å². The number of hydrogen-bond acceptors (Lipinski definition) is 4. The summed E-state index contributed by atoms with van der Waals surface area (Å²) >= 11 is 1.66. The van der Waals surface area contributed by atoms with Crippen molar-refractivity contribution < 1.29 is 9.53 Å². The van der Waals surface area contributed by atoms with Crippen LogP contribution in [0, 0.1) is 6.92 Å². The molecule has 27 heavy (non-hydrogen) atoms.